The molecule has 0 spiro atoms. The van der Waals surface area contributed by atoms with Gasteiger partial charge in [-0.15, -0.1) is 0 Å². The van der Waals surface area contributed by atoms with Gasteiger partial charge in [-0.25, -0.2) is 0 Å². The normalized spacial score (nSPS) is 16.6. The van der Waals surface area contributed by atoms with Crippen molar-refractivity contribution < 1.29 is 14.3 Å². The fraction of sp³-hybridized carbons (Fsp3) is 0.529. The number of nitrogens with zero attached hydrogens (tertiary/aromatic N) is 1. The zero-order valence-corrected chi connectivity index (χ0v) is 13.8. The van der Waals surface area contributed by atoms with Crippen molar-refractivity contribution in [2.24, 2.45) is 0 Å². The van der Waals surface area contributed by atoms with E-state index in [0.717, 1.165) is 32.7 Å². The van der Waals surface area contributed by atoms with Gasteiger partial charge < -0.3 is 15.4 Å². The van der Waals surface area contributed by atoms with Gasteiger partial charge >= 0.3 is 0 Å². The minimum atomic E-state index is -0.597. The van der Waals surface area contributed by atoms with Gasteiger partial charge in [0.05, 0.1) is 0 Å². The second-order valence-electron chi connectivity index (χ2n) is 5.73. The molecular weight excluding hydrogens is 294 g/mol. The topological polar surface area (TPSA) is 70.7 Å². The summed E-state index contributed by atoms with van der Waals surface area (Å²) in [6.07, 6.45) is -0.597. The van der Waals surface area contributed by atoms with Crippen LogP contribution in [0.2, 0.25) is 0 Å². The molecule has 6 heteroatoms. The minimum Gasteiger partial charge on any atom is -0.481 e. The van der Waals surface area contributed by atoms with E-state index in [4.69, 9.17) is 4.74 Å². The number of carbonyl (C=O) groups is 2. The van der Waals surface area contributed by atoms with Gasteiger partial charge in [-0.3, -0.25) is 14.5 Å². The number of piperazine rings is 1. The molecule has 1 atom stereocenters. The monoisotopic (exact) mass is 319 g/mol. The van der Waals surface area contributed by atoms with Crippen molar-refractivity contribution in [2.45, 2.75) is 20.0 Å². The maximum Gasteiger partial charge on any atom is 0.260 e. The van der Waals surface area contributed by atoms with Crippen LogP contribution in [0.5, 0.6) is 5.75 Å². The summed E-state index contributed by atoms with van der Waals surface area (Å²) < 4.78 is 5.62. The molecule has 1 aromatic carbocycles. The van der Waals surface area contributed by atoms with E-state index in [1.54, 1.807) is 31.2 Å². The van der Waals surface area contributed by atoms with E-state index in [0.29, 0.717) is 17.9 Å². The SMILES string of the molecule is CC(=O)c1cccc(OC(C)C(=O)NCCN2CCNCC2)c1. The van der Waals surface area contributed by atoms with Crippen LogP contribution in [-0.4, -0.2) is 62.0 Å². The molecule has 1 amide bonds. The number of nitrogens with one attached hydrogen (secondary N) is 2. The third kappa shape index (κ3) is 5.65. The number of ether oxygens (including phenoxy) is 1. The van der Waals surface area contributed by atoms with Crippen molar-refractivity contribution in [2.75, 3.05) is 39.3 Å². The Kier molecular flexibility index (Phi) is 6.55. The Labute approximate surface area is 137 Å². The summed E-state index contributed by atoms with van der Waals surface area (Å²) in [7, 11) is 0. The summed E-state index contributed by atoms with van der Waals surface area (Å²) in [4.78, 5) is 25.8. The van der Waals surface area contributed by atoms with E-state index in [2.05, 4.69) is 15.5 Å². The lowest BCUT2D eigenvalue weighted by Crippen LogP contribution is -2.47. The molecule has 0 radical (unpaired) electrons. The van der Waals surface area contributed by atoms with Crippen molar-refractivity contribution >= 4 is 11.7 Å². The smallest absolute Gasteiger partial charge is 0.260 e. The maximum absolute atomic E-state index is 12.1. The summed E-state index contributed by atoms with van der Waals surface area (Å²) in [5, 5.41) is 6.19. The van der Waals surface area contributed by atoms with Gasteiger partial charge in [0.15, 0.2) is 11.9 Å². The standard InChI is InChI=1S/C17H25N3O3/c1-13(21)15-4-3-5-16(12-15)23-14(2)17(22)19-8-11-20-9-6-18-7-10-20/h3-5,12,14,18H,6-11H2,1-2H3,(H,19,22). The molecule has 1 aliphatic rings. The molecule has 2 N–H and O–H groups in total. The predicted octanol–water partition coefficient (Wildman–Crippen LogP) is 0.678. The van der Waals surface area contributed by atoms with E-state index in [1.807, 2.05) is 0 Å². The Morgan fingerprint density at radius 1 is 1.35 bits per heavy atom. The Hall–Kier alpha value is -1.92. The van der Waals surface area contributed by atoms with Crippen LogP contribution in [0.25, 0.3) is 0 Å². The molecule has 1 saturated heterocycles. The molecule has 1 aliphatic heterocycles. The lowest BCUT2D eigenvalue weighted by Gasteiger charge is -2.27. The van der Waals surface area contributed by atoms with Gasteiger partial charge in [-0.1, -0.05) is 12.1 Å². The van der Waals surface area contributed by atoms with E-state index >= 15 is 0 Å². The van der Waals surface area contributed by atoms with E-state index in [1.165, 1.54) is 6.92 Å². The molecule has 1 unspecified atom stereocenters. The van der Waals surface area contributed by atoms with E-state index in [-0.39, 0.29) is 11.7 Å². The first-order chi connectivity index (χ1) is 11.1. The molecule has 0 saturated carbocycles. The first-order valence-electron chi connectivity index (χ1n) is 8.04. The fourth-order valence-corrected chi connectivity index (χ4v) is 2.46. The molecule has 0 aliphatic carbocycles. The molecule has 2 rings (SSSR count). The van der Waals surface area contributed by atoms with Gasteiger partial charge in [0.1, 0.15) is 5.75 Å². The molecule has 126 valence electrons. The molecule has 0 aromatic heterocycles. The predicted molar refractivity (Wildman–Crippen MR) is 88.9 cm³/mol. The highest BCUT2D eigenvalue weighted by molar-refractivity contribution is 5.94. The van der Waals surface area contributed by atoms with Crippen LogP contribution in [0.15, 0.2) is 24.3 Å². The highest BCUT2D eigenvalue weighted by atomic mass is 16.5. The second kappa shape index (κ2) is 8.64. The summed E-state index contributed by atoms with van der Waals surface area (Å²) in [5.41, 5.74) is 0.578. The zero-order valence-electron chi connectivity index (χ0n) is 13.8. The fourth-order valence-electron chi connectivity index (χ4n) is 2.46. The van der Waals surface area contributed by atoms with Crippen molar-refractivity contribution in [1.82, 2.24) is 15.5 Å². The molecular formula is C17H25N3O3. The van der Waals surface area contributed by atoms with Crippen LogP contribution in [0.3, 0.4) is 0 Å². The number of ketones is 1. The van der Waals surface area contributed by atoms with Gasteiger partial charge in [-0.05, 0) is 26.0 Å². The summed E-state index contributed by atoms with van der Waals surface area (Å²) in [6, 6.07) is 6.89. The third-order valence-corrected chi connectivity index (χ3v) is 3.86. The van der Waals surface area contributed by atoms with Crippen molar-refractivity contribution in [3.8, 4) is 5.75 Å². The van der Waals surface area contributed by atoms with Crippen LogP contribution in [0, 0.1) is 0 Å². The molecule has 1 fully saturated rings. The number of Topliss-reactive ketones (excluding diaryl/α,β-unsaturated/α-hetero) is 1. The summed E-state index contributed by atoms with van der Waals surface area (Å²) >= 11 is 0. The number of benzene rings is 1. The largest absolute Gasteiger partial charge is 0.481 e. The molecule has 0 bridgehead atoms. The molecule has 6 nitrogen and oxygen atoms in total. The van der Waals surface area contributed by atoms with Crippen molar-refractivity contribution in [3.63, 3.8) is 0 Å². The van der Waals surface area contributed by atoms with Gasteiger partial charge in [-0.2, -0.15) is 0 Å². The van der Waals surface area contributed by atoms with Gasteiger partial charge in [0.2, 0.25) is 0 Å². The number of amides is 1. The third-order valence-electron chi connectivity index (χ3n) is 3.86. The van der Waals surface area contributed by atoms with Crippen molar-refractivity contribution in [1.29, 1.82) is 0 Å². The van der Waals surface area contributed by atoms with Crippen LogP contribution in [-0.2, 0) is 4.79 Å². The summed E-state index contributed by atoms with van der Waals surface area (Å²) in [5.74, 6) is 0.361. The van der Waals surface area contributed by atoms with E-state index < -0.39 is 6.10 Å². The van der Waals surface area contributed by atoms with Crippen LogP contribution < -0.4 is 15.4 Å². The Balaban J connectivity index is 1.75. The van der Waals surface area contributed by atoms with Gasteiger partial charge in [0.25, 0.3) is 5.91 Å². The molecule has 23 heavy (non-hydrogen) atoms. The van der Waals surface area contributed by atoms with Crippen LogP contribution in [0.1, 0.15) is 24.2 Å². The lowest BCUT2D eigenvalue weighted by molar-refractivity contribution is -0.127. The van der Waals surface area contributed by atoms with Crippen LogP contribution >= 0.6 is 0 Å². The van der Waals surface area contributed by atoms with Gasteiger partial charge in [0, 0.05) is 44.8 Å². The quantitative estimate of drug-likeness (QED) is 0.723. The number of carbonyl (C=O) groups excluding carboxylic acids is 2. The first-order valence-corrected chi connectivity index (χ1v) is 8.04. The zero-order chi connectivity index (χ0) is 16.7. The highest BCUT2D eigenvalue weighted by Crippen LogP contribution is 2.15. The average molecular weight is 319 g/mol. The first kappa shape index (κ1) is 17.4. The molecule has 1 aromatic rings. The Morgan fingerprint density at radius 2 is 2.09 bits per heavy atom. The number of hydrogen-bond donors (Lipinski definition) is 2. The lowest BCUT2D eigenvalue weighted by atomic mass is 10.1. The Morgan fingerprint density at radius 3 is 2.78 bits per heavy atom. The van der Waals surface area contributed by atoms with Crippen LogP contribution in [0.4, 0.5) is 0 Å². The highest BCUT2D eigenvalue weighted by Gasteiger charge is 2.15. The summed E-state index contributed by atoms with van der Waals surface area (Å²) in [6.45, 7) is 8.70. The van der Waals surface area contributed by atoms with Crippen molar-refractivity contribution in [3.05, 3.63) is 29.8 Å². The van der Waals surface area contributed by atoms with E-state index in [9.17, 15) is 9.59 Å². The second-order valence-corrected chi connectivity index (χ2v) is 5.73. The Bertz CT molecular complexity index is 542. The number of hydrogen-bond acceptors (Lipinski definition) is 5. The number of rotatable bonds is 7. The molecule has 1 heterocycles. The average Bonchev–Trinajstić information content (AvgIpc) is 2.56. The maximum atomic E-state index is 12.1. The minimum absolute atomic E-state index is 0.0245.